The van der Waals surface area contributed by atoms with E-state index in [-0.39, 0.29) is 30.1 Å². The fourth-order valence-corrected chi connectivity index (χ4v) is 3.92. The zero-order chi connectivity index (χ0) is 21.4. The van der Waals surface area contributed by atoms with Crippen molar-refractivity contribution in [2.45, 2.75) is 18.9 Å². The van der Waals surface area contributed by atoms with Crippen LogP contribution in [0.1, 0.15) is 5.56 Å². The Morgan fingerprint density at radius 1 is 1.03 bits per heavy atom. The highest BCUT2D eigenvalue weighted by Gasteiger charge is 2.43. The normalized spacial score (nSPS) is 19.7. The molecule has 1 fully saturated rings. The summed E-state index contributed by atoms with van der Waals surface area (Å²) in [5, 5.41) is 5.77. The number of nitrogens with one attached hydrogen (secondary N) is 1. The van der Waals surface area contributed by atoms with Crippen molar-refractivity contribution in [3.63, 3.8) is 0 Å². The average molecular weight is 426 g/mol. The minimum Gasteiger partial charge on any atom is -0.395 e. The molecule has 2 aliphatic rings. The predicted octanol–water partition coefficient (Wildman–Crippen LogP) is 3.68. The maximum atomic E-state index is 13.3. The molecular weight excluding hydrogens is 406 g/mol. The molecule has 1 saturated heterocycles. The molecule has 1 N–H and O–H groups in total. The predicted molar refractivity (Wildman–Crippen MR) is 110 cm³/mol. The van der Waals surface area contributed by atoms with Gasteiger partial charge in [-0.2, -0.15) is 0 Å². The lowest BCUT2D eigenvalue weighted by atomic mass is 10.0. The van der Waals surface area contributed by atoms with E-state index in [4.69, 9.17) is 4.74 Å². The van der Waals surface area contributed by atoms with Gasteiger partial charge in [0.05, 0.1) is 12.6 Å². The maximum Gasteiger partial charge on any atom is 0.586 e. The van der Waals surface area contributed by atoms with Crippen molar-refractivity contribution in [2.24, 2.45) is 0 Å². The van der Waals surface area contributed by atoms with Crippen LogP contribution in [0.4, 0.5) is 14.5 Å². The number of hydrogen-bond acceptors (Lipinski definition) is 5. The Labute approximate surface area is 177 Å². The zero-order valence-electron chi connectivity index (χ0n) is 16.5. The SMILES string of the molecule is O=C1COC(CNCc2cccc3ccccc23)CN1c1ccc2c(c1)OC(F)(F)O2. The number of carbonyl (C=O) groups is 1. The maximum absolute atomic E-state index is 13.3. The number of ether oxygens (including phenoxy) is 3. The lowest BCUT2D eigenvalue weighted by Gasteiger charge is -2.33. The highest BCUT2D eigenvalue weighted by atomic mass is 19.3. The first-order valence-electron chi connectivity index (χ1n) is 9.98. The van der Waals surface area contributed by atoms with Gasteiger partial charge in [0.1, 0.15) is 6.61 Å². The molecule has 0 spiro atoms. The van der Waals surface area contributed by atoms with Crippen LogP contribution < -0.4 is 19.7 Å². The van der Waals surface area contributed by atoms with Crippen LogP contribution in [0, 0.1) is 0 Å². The number of alkyl halides is 2. The number of fused-ring (bicyclic) bond motifs is 2. The van der Waals surface area contributed by atoms with Gasteiger partial charge in [-0.3, -0.25) is 4.79 Å². The second kappa shape index (κ2) is 7.79. The summed E-state index contributed by atoms with van der Waals surface area (Å²) in [6, 6.07) is 18.7. The lowest BCUT2D eigenvalue weighted by molar-refractivity contribution is -0.286. The summed E-state index contributed by atoms with van der Waals surface area (Å²) in [7, 11) is 0. The number of nitrogens with zero attached hydrogens (tertiary/aromatic N) is 1. The number of rotatable bonds is 5. The molecule has 31 heavy (non-hydrogen) atoms. The average Bonchev–Trinajstić information content (AvgIpc) is 3.08. The van der Waals surface area contributed by atoms with Gasteiger partial charge >= 0.3 is 6.29 Å². The second-order valence-electron chi connectivity index (χ2n) is 7.51. The molecule has 0 aromatic heterocycles. The third-order valence-corrected chi connectivity index (χ3v) is 5.39. The Morgan fingerprint density at radius 3 is 2.74 bits per heavy atom. The summed E-state index contributed by atoms with van der Waals surface area (Å²) in [4.78, 5) is 13.9. The molecule has 5 rings (SSSR count). The van der Waals surface area contributed by atoms with Crippen LogP contribution in [0.5, 0.6) is 11.5 Å². The van der Waals surface area contributed by atoms with Crippen LogP contribution in [-0.2, 0) is 16.1 Å². The minimum absolute atomic E-state index is 0.0530. The Kier molecular flexibility index (Phi) is 4.95. The Hall–Kier alpha value is -3.23. The molecule has 2 aliphatic heterocycles. The van der Waals surface area contributed by atoms with E-state index >= 15 is 0 Å². The fraction of sp³-hybridized carbons (Fsp3) is 0.261. The summed E-state index contributed by atoms with van der Waals surface area (Å²) in [6.45, 7) is 1.42. The first-order chi connectivity index (χ1) is 15.0. The topological polar surface area (TPSA) is 60.0 Å². The molecule has 1 atom stereocenters. The van der Waals surface area contributed by atoms with E-state index in [9.17, 15) is 13.6 Å². The number of morpholine rings is 1. The number of anilines is 1. The highest BCUT2D eigenvalue weighted by molar-refractivity contribution is 5.95. The van der Waals surface area contributed by atoms with E-state index in [1.807, 2.05) is 18.2 Å². The zero-order valence-corrected chi connectivity index (χ0v) is 16.5. The van der Waals surface area contributed by atoms with E-state index in [2.05, 4.69) is 39.1 Å². The van der Waals surface area contributed by atoms with Gasteiger partial charge in [0, 0.05) is 24.8 Å². The van der Waals surface area contributed by atoms with Crippen molar-refractivity contribution in [3.05, 3.63) is 66.2 Å². The molecule has 2 heterocycles. The molecular formula is C23H20F2N2O4. The molecule has 0 radical (unpaired) electrons. The van der Waals surface area contributed by atoms with Crippen molar-refractivity contribution in [2.75, 3.05) is 24.6 Å². The van der Waals surface area contributed by atoms with Crippen LogP contribution in [0.3, 0.4) is 0 Å². The van der Waals surface area contributed by atoms with Crippen molar-refractivity contribution >= 4 is 22.4 Å². The van der Waals surface area contributed by atoms with Crippen LogP contribution in [0.15, 0.2) is 60.7 Å². The van der Waals surface area contributed by atoms with Crippen molar-refractivity contribution in [1.82, 2.24) is 5.32 Å². The third kappa shape index (κ3) is 4.04. The molecule has 1 amide bonds. The minimum atomic E-state index is -3.69. The summed E-state index contributed by atoms with van der Waals surface area (Å²) in [6.07, 6.45) is -3.93. The molecule has 0 bridgehead atoms. The van der Waals surface area contributed by atoms with Crippen LogP contribution in [-0.4, -0.2) is 38.0 Å². The fourth-order valence-electron chi connectivity index (χ4n) is 3.92. The number of hydrogen-bond donors (Lipinski definition) is 1. The molecule has 3 aromatic carbocycles. The van der Waals surface area contributed by atoms with Crippen LogP contribution >= 0.6 is 0 Å². The van der Waals surface area contributed by atoms with Crippen molar-refractivity contribution in [1.29, 1.82) is 0 Å². The quantitative estimate of drug-likeness (QED) is 0.675. The lowest BCUT2D eigenvalue weighted by Crippen LogP contribution is -2.50. The van der Waals surface area contributed by atoms with Crippen molar-refractivity contribution < 1.29 is 27.8 Å². The van der Waals surface area contributed by atoms with Gasteiger partial charge in [0.2, 0.25) is 0 Å². The van der Waals surface area contributed by atoms with E-state index in [0.29, 0.717) is 25.3 Å². The Balaban J connectivity index is 1.24. The molecule has 160 valence electrons. The summed E-state index contributed by atoms with van der Waals surface area (Å²) >= 11 is 0. The van der Waals surface area contributed by atoms with E-state index in [1.54, 1.807) is 6.07 Å². The second-order valence-corrected chi connectivity index (χ2v) is 7.51. The Morgan fingerprint density at radius 2 is 1.84 bits per heavy atom. The monoisotopic (exact) mass is 426 g/mol. The summed E-state index contributed by atoms with van der Waals surface area (Å²) < 4.78 is 41.1. The van der Waals surface area contributed by atoms with Gasteiger partial charge in [-0.15, -0.1) is 8.78 Å². The largest absolute Gasteiger partial charge is 0.586 e. The van der Waals surface area contributed by atoms with E-state index in [0.717, 1.165) is 0 Å². The molecule has 6 nitrogen and oxygen atoms in total. The van der Waals surface area contributed by atoms with E-state index < -0.39 is 6.29 Å². The first-order valence-corrected chi connectivity index (χ1v) is 9.98. The number of benzene rings is 3. The number of amides is 1. The standard InChI is InChI=1S/C23H20F2N2O4/c24-23(25)30-20-9-8-17(10-21(20)31-23)27-13-18(29-14-22(27)28)12-26-11-16-6-3-5-15-4-1-2-7-19(15)16/h1-10,18,26H,11-14H2. The summed E-state index contributed by atoms with van der Waals surface area (Å²) in [5.74, 6) is -0.383. The van der Waals surface area contributed by atoms with Gasteiger partial charge in [-0.05, 0) is 28.5 Å². The molecule has 0 saturated carbocycles. The Bertz CT molecular complexity index is 1130. The van der Waals surface area contributed by atoms with Gasteiger partial charge in [0.25, 0.3) is 5.91 Å². The smallest absolute Gasteiger partial charge is 0.395 e. The third-order valence-electron chi connectivity index (χ3n) is 5.39. The van der Waals surface area contributed by atoms with Gasteiger partial charge in [-0.1, -0.05) is 42.5 Å². The highest BCUT2D eigenvalue weighted by Crippen LogP contribution is 2.43. The first kappa shape index (κ1) is 19.7. The van der Waals surface area contributed by atoms with Crippen molar-refractivity contribution in [3.8, 4) is 11.5 Å². The summed E-state index contributed by atoms with van der Waals surface area (Å²) in [5.41, 5.74) is 1.64. The molecule has 0 aliphatic carbocycles. The van der Waals surface area contributed by atoms with Gasteiger partial charge < -0.3 is 24.4 Å². The van der Waals surface area contributed by atoms with E-state index in [1.165, 1.54) is 33.4 Å². The van der Waals surface area contributed by atoms with Gasteiger partial charge in [0.15, 0.2) is 11.5 Å². The molecule has 1 unspecified atom stereocenters. The van der Waals surface area contributed by atoms with Crippen LogP contribution in [0.25, 0.3) is 10.8 Å². The number of halogens is 2. The van der Waals surface area contributed by atoms with Crippen LogP contribution in [0.2, 0.25) is 0 Å². The molecule has 3 aromatic rings. The number of carbonyl (C=O) groups excluding carboxylic acids is 1. The molecule has 8 heteroatoms. The van der Waals surface area contributed by atoms with Gasteiger partial charge in [-0.25, -0.2) is 0 Å².